The fourth-order valence-corrected chi connectivity index (χ4v) is 7.36. The van der Waals surface area contributed by atoms with Crippen LogP contribution in [0.25, 0.3) is 0 Å². The van der Waals surface area contributed by atoms with E-state index in [-0.39, 0.29) is 23.4 Å². The van der Waals surface area contributed by atoms with Gasteiger partial charge in [-0.2, -0.15) is 4.31 Å². The number of hydrogen-bond acceptors (Lipinski definition) is 5. The molecule has 0 spiro atoms. The molecule has 1 atom stereocenters. The number of rotatable bonds is 9. The summed E-state index contributed by atoms with van der Waals surface area (Å²) in [6, 6.07) is 14.0. The Kier molecular flexibility index (Phi) is 7.63. The molecule has 1 saturated carbocycles. The highest BCUT2D eigenvalue weighted by Crippen LogP contribution is 2.36. The molecular formula is C28H31ClN2O4S2. The number of aryl methyl sites for hydroxylation is 2. The normalized spacial score (nSPS) is 17.6. The van der Waals surface area contributed by atoms with Crippen molar-refractivity contribution >= 4 is 38.9 Å². The van der Waals surface area contributed by atoms with Crippen LogP contribution in [0.5, 0.6) is 5.75 Å². The number of carbonyl (C=O) groups excluding carboxylic acids is 1. The maximum Gasteiger partial charge on any atom is 0.243 e. The SMILES string of the molecule is Cc1ccc(OCC2c3ccsc3CCN2C(=O)CN(CC2CC2)S(=O)(=O)c2ccc(Cl)cc2)c(C)c1. The van der Waals surface area contributed by atoms with E-state index in [0.717, 1.165) is 41.7 Å². The molecular weight excluding hydrogens is 528 g/mol. The lowest BCUT2D eigenvalue weighted by Crippen LogP contribution is -2.48. The Labute approximate surface area is 227 Å². The highest BCUT2D eigenvalue weighted by atomic mass is 35.5. The molecule has 0 radical (unpaired) electrons. The Bertz CT molecular complexity index is 1380. The lowest BCUT2D eigenvalue weighted by atomic mass is 10.0. The van der Waals surface area contributed by atoms with Gasteiger partial charge in [-0.1, -0.05) is 29.3 Å². The topological polar surface area (TPSA) is 66.9 Å². The smallest absolute Gasteiger partial charge is 0.243 e. The van der Waals surface area contributed by atoms with Crippen molar-refractivity contribution in [3.63, 3.8) is 0 Å². The minimum atomic E-state index is -3.84. The van der Waals surface area contributed by atoms with E-state index in [4.69, 9.17) is 16.3 Å². The van der Waals surface area contributed by atoms with Gasteiger partial charge >= 0.3 is 0 Å². The van der Waals surface area contributed by atoms with Gasteiger partial charge < -0.3 is 9.64 Å². The largest absolute Gasteiger partial charge is 0.491 e. The Balaban J connectivity index is 1.38. The van der Waals surface area contributed by atoms with Crippen LogP contribution in [0.4, 0.5) is 0 Å². The molecule has 1 fully saturated rings. The molecule has 9 heteroatoms. The number of hydrogen-bond donors (Lipinski definition) is 0. The molecule has 5 rings (SSSR count). The van der Waals surface area contributed by atoms with E-state index in [1.807, 2.05) is 31.4 Å². The van der Waals surface area contributed by atoms with E-state index in [1.165, 1.54) is 21.3 Å². The maximum absolute atomic E-state index is 13.8. The van der Waals surface area contributed by atoms with E-state index in [1.54, 1.807) is 28.4 Å². The van der Waals surface area contributed by atoms with E-state index < -0.39 is 10.0 Å². The number of ether oxygens (including phenoxy) is 1. The van der Waals surface area contributed by atoms with Crippen LogP contribution in [0.15, 0.2) is 58.8 Å². The molecule has 3 aromatic rings. The van der Waals surface area contributed by atoms with E-state index in [0.29, 0.717) is 30.6 Å². The molecule has 0 bridgehead atoms. The van der Waals surface area contributed by atoms with Crippen LogP contribution in [0.2, 0.25) is 5.02 Å². The molecule has 37 heavy (non-hydrogen) atoms. The van der Waals surface area contributed by atoms with Crippen LogP contribution >= 0.6 is 22.9 Å². The van der Waals surface area contributed by atoms with Gasteiger partial charge in [0, 0.05) is 23.0 Å². The molecule has 2 heterocycles. The highest BCUT2D eigenvalue weighted by Gasteiger charge is 2.37. The van der Waals surface area contributed by atoms with Gasteiger partial charge in [-0.25, -0.2) is 8.42 Å². The first-order valence-electron chi connectivity index (χ1n) is 12.5. The van der Waals surface area contributed by atoms with Crippen LogP contribution in [0.3, 0.4) is 0 Å². The Morgan fingerprint density at radius 3 is 2.59 bits per heavy atom. The van der Waals surface area contributed by atoms with Gasteiger partial charge in [-0.05, 0) is 91.9 Å². The second-order valence-electron chi connectivity index (χ2n) is 9.93. The van der Waals surface area contributed by atoms with Crippen LogP contribution in [-0.4, -0.2) is 49.8 Å². The summed E-state index contributed by atoms with van der Waals surface area (Å²) < 4.78 is 34.6. The van der Waals surface area contributed by atoms with Crippen molar-refractivity contribution in [1.82, 2.24) is 9.21 Å². The number of thiophene rings is 1. The third-order valence-electron chi connectivity index (χ3n) is 7.06. The van der Waals surface area contributed by atoms with Crippen molar-refractivity contribution < 1.29 is 17.9 Å². The third-order valence-corrected chi connectivity index (χ3v) is 10.1. The summed E-state index contributed by atoms with van der Waals surface area (Å²) in [5.74, 6) is 0.883. The molecule has 196 valence electrons. The molecule has 1 aliphatic carbocycles. The second-order valence-corrected chi connectivity index (χ2v) is 13.3. The average Bonchev–Trinajstić information content (AvgIpc) is 3.55. The first kappa shape index (κ1) is 26.2. The zero-order chi connectivity index (χ0) is 26.2. The van der Waals surface area contributed by atoms with Crippen molar-refractivity contribution in [3.05, 3.63) is 80.5 Å². The summed E-state index contributed by atoms with van der Waals surface area (Å²) in [4.78, 5) is 17.0. The lowest BCUT2D eigenvalue weighted by molar-refractivity contribution is -0.135. The molecule has 1 aliphatic heterocycles. The van der Waals surface area contributed by atoms with Gasteiger partial charge in [0.2, 0.25) is 15.9 Å². The minimum absolute atomic E-state index is 0.152. The van der Waals surface area contributed by atoms with Crippen molar-refractivity contribution in [2.75, 3.05) is 26.2 Å². The molecule has 2 aromatic carbocycles. The summed E-state index contributed by atoms with van der Waals surface area (Å²) in [5, 5.41) is 2.52. The second kappa shape index (κ2) is 10.8. The third kappa shape index (κ3) is 5.87. The standard InChI is InChI=1S/C28H31ClN2O4S2/c1-19-3-10-26(20(2)15-19)35-18-25-24-12-14-36-27(24)11-13-31(25)28(32)17-30(16-21-4-5-21)37(33,34)23-8-6-22(29)7-9-23/h3,6-10,12,14-15,21,25H,4-5,11,13,16-18H2,1-2H3. The number of nitrogens with zero attached hydrogens (tertiary/aromatic N) is 2. The van der Waals surface area contributed by atoms with Crippen molar-refractivity contribution in [3.8, 4) is 5.75 Å². The van der Waals surface area contributed by atoms with Crippen molar-refractivity contribution in [2.45, 2.75) is 44.0 Å². The first-order chi connectivity index (χ1) is 17.7. The van der Waals surface area contributed by atoms with E-state index >= 15 is 0 Å². The van der Waals surface area contributed by atoms with Crippen LogP contribution in [0, 0.1) is 19.8 Å². The molecule has 1 aromatic heterocycles. The Morgan fingerprint density at radius 1 is 1.14 bits per heavy atom. The minimum Gasteiger partial charge on any atom is -0.491 e. The zero-order valence-corrected chi connectivity index (χ0v) is 23.4. The lowest BCUT2D eigenvalue weighted by Gasteiger charge is -2.37. The predicted molar refractivity (Wildman–Crippen MR) is 147 cm³/mol. The number of halogens is 1. The Hall–Kier alpha value is -2.39. The van der Waals surface area contributed by atoms with Gasteiger partial charge in [0.05, 0.1) is 17.5 Å². The summed E-state index contributed by atoms with van der Waals surface area (Å²) in [6.45, 7) is 5.05. The maximum atomic E-state index is 13.8. The van der Waals surface area contributed by atoms with Crippen LogP contribution in [0.1, 0.15) is 40.5 Å². The number of sulfonamides is 1. The van der Waals surface area contributed by atoms with Gasteiger partial charge in [-0.15, -0.1) is 11.3 Å². The number of benzene rings is 2. The van der Waals surface area contributed by atoms with Gasteiger partial charge in [-0.3, -0.25) is 4.79 Å². The number of carbonyl (C=O) groups is 1. The number of fused-ring (bicyclic) bond motifs is 1. The van der Waals surface area contributed by atoms with Gasteiger partial charge in [0.15, 0.2) is 0 Å². The quantitative estimate of drug-likeness (QED) is 0.342. The van der Waals surface area contributed by atoms with Crippen molar-refractivity contribution in [2.24, 2.45) is 5.92 Å². The molecule has 6 nitrogen and oxygen atoms in total. The molecule has 2 aliphatic rings. The van der Waals surface area contributed by atoms with Crippen LogP contribution < -0.4 is 4.74 Å². The van der Waals surface area contributed by atoms with Gasteiger partial charge in [0.25, 0.3) is 0 Å². The summed E-state index contributed by atoms with van der Waals surface area (Å²) in [6.07, 6.45) is 2.72. The average molecular weight is 559 g/mol. The molecule has 0 N–H and O–H groups in total. The highest BCUT2D eigenvalue weighted by molar-refractivity contribution is 7.89. The van der Waals surface area contributed by atoms with E-state index in [2.05, 4.69) is 12.1 Å². The van der Waals surface area contributed by atoms with Crippen molar-refractivity contribution in [1.29, 1.82) is 0 Å². The summed E-state index contributed by atoms with van der Waals surface area (Å²) in [7, 11) is -3.84. The van der Waals surface area contributed by atoms with Crippen LogP contribution in [-0.2, 0) is 21.2 Å². The zero-order valence-electron chi connectivity index (χ0n) is 21.0. The Morgan fingerprint density at radius 2 is 1.89 bits per heavy atom. The molecule has 1 unspecified atom stereocenters. The summed E-state index contributed by atoms with van der Waals surface area (Å²) >= 11 is 7.67. The number of amides is 1. The fourth-order valence-electron chi connectivity index (χ4n) is 4.84. The summed E-state index contributed by atoms with van der Waals surface area (Å²) in [5.41, 5.74) is 3.30. The molecule has 1 amide bonds. The fraction of sp³-hybridized carbons (Fsp3) is 0.393. The first-order valence-corrected chi connectivity index (χ1v) is 15.2. The molecule has 0 saturated heterocycles. The van der Waals surface area contributed by atoms with Gasteiger partial charge in [0.1, 0.15) is 12.4 Å². The monoisotopic (exact) mass is 558 g/mol. The predicted octanol–water partition coefficient (Wildman–Crippen LogP) is 5.62. The van der Waals surface area contributed by atoms with E-state index in [9.17, 15) is 13.2 Å².